The number of carbonyl (C=O) groups excluding carboxylic acids is 1. The summed E-state index contributed by atoms with van der Waals surface area (Å²) in [5, 5.41) is 9.02. The summed E-state index contributed by atoms with van der Waals surface area (Å²) < 4.78 is 0. The van der Waals surface area contributed by atoms with Gasteiger partial charge >= 0.3 is 0 Å². The second kappa shape index (κ2) is 5.88. The van der Waals surface area contributed by atoms with E-state index in [-0.39, 0.29) is 6.61 Å². The molecule has 2 rings (SSSR count). The lowest BCUT2D eigenvalue weighted by Crippen LogP contribution is -2.36. The molecule has 2 heterocycles. The molecule has 1 amide bonds. The average Bonchev–Trinajstić information content (AvgIpc) is 2.39. The van der Waals surface area contributed by atoms with Crippen LogP contribution in [0.4, 0.5) is 11.5 Å². The van der Waals surface area contributed by atoms with Crippen molar-refractivity contribution in [3.05, 3.63) is 17.8 Å². The summed E-state index contributed by atoms with van der Waals surface area (Å²) in [5.41, 5.74) is 11.6. The average molecular weight is 264 g/mol. The third kappa shape index (κ3) is 3.14. The molecule has 5 N–H and O–H groups in total. The maximum absolute atomic E-state index is 11.3. The van der Waals surface area contributed by atoms with Crippen molar-refractivity contribution in [2.75, 3.05) is 30.3 Å². The van der Waals surface area contributed by atoms with Crippen molar-refractivity contribution in [1.29, 1.82) is 0 Å². The third-order valence-electron chi connectivity index (χ3n) is 3.57. The molecule has 0 radical (unpaired) electrons. The van der Waals surface area contributed by atoms with E-state index >= 15 is 0 Å². The van der Waals surface area contributed by atoms with E-state index < -0.39 is 5.91 Å². The lowest BCUT2D eigenvalue weighted by atomic mass is 9.95. The number of nitrogens with two attached hydrogens (primary N) is 2. The number of primary amides is 1. The quantitative estimate of drug-likeness (QED) is 0.728. The molecule has 1 aromatic heterocycles. The molecule has 0 aliphatic carbocycles. The summed E-state index contributed by atoms with van der Waals surface area (Å²) in [5.74, 6) is 0.658. The van der Waals surface area contributed by atoms with Crippen LogP contribution in [0.5, 0.6) is 0 Å². The summed E-state index contributed by atoms with van der Waals surface area (Å²) >= 11 is 0. The molecule has 1 unspecified atom stereocenters. The number of anilines is 2. The van der Waals surface area contributed by atoms with Gasteiger partial charge in [-0.1, -0.05) is 0 Å². The van der Waals surface area contributed by atoms with E-state index in [0.717, 1.165) is 38.2 Å². The second-order valence-electron chi connectivity index (χ2n) is 4.96. The minimum absolute atomic E-state index is 0.209. The topological polar surface area (TPSA) is 105 Å². The van der Waals surface area contributed by atoms with Crippen LogP contribution in [0.3, 0.4) is 0 Å². The van der Waals surface area contributed by atoms with Crippen LogP contribution in [0.15, 0.2) is 12.3 Å². The minimum Gasteiger partial charge on any atom is -0.397 e. The van der Waals surface area contributed by atoms with Crippen molar-refractivity contribution in [2.45, 2.75) is 19.3 Å². The predicted octanol–water partition coefficient (Wildman–Crippen LogP) is 0.361. The molecule has 6 nitrogen and oxygen atoms in total. The number of aliphatic hydroxyl groups excluding tert-OH is 1. The molecule has 19 heavy (non-hydrogen) atoms. The zero-order chi connectivity index (χ0) is 13.8. The Bertz CT molecular complexity index is 462. The molecular weight excluding hydrogens is 244 g/mol. The van der Waals surface area contributed by atoms with Crippen LogP contribution in [0.2, 0.25) is 0 Å². The lowest BCUT2D eigenvalue weighted by molar-refractivity contribution is 0.100. The van der Waals surface area contributed by atoms with Gasteiger partial charge in [-0.3, -0.25) is 4.79 Å². The van der Waals surface area contributed by atoms with Crippen LogP contribution in [0, 0.1) is 5.92 Å². The molecule has 0 bridgehead atoms. The minimum atomic E-state index is -0.537. The van der Waals surface area contributed by atoms with Crippen molar-refractivity contribution in [1.82, 2.24) is 4.98 Å². The maximum atomic E-state index is 11.3. The number of amides is 1. The van der Waals surface area contributed by atoms with Gasteiger partial charge in [-0.15, -0.1) is 0 Å². The van der Waals surface area contributed by atoms with Crippen molar-refractivity contribution in [3.8, 4) is 0 Å². The summed E-state index contributed by atoms with van der Waals surface area (Å²) in [7, 11) is 0. The van der Waals surface area contributed by atoms with Crippen molar-refractivity contribution in [3.63, 3.8) is 0 Å². The Balaban J connectivity index is 2.17. The highest BCUT2D eigenvalue weighted by atomic mass is 16.3. The zero-order valence-corrected chi connectivity index (χ0v) is 10.9. The fourth-order valence-corrected chi connectivity index (χ4v) is 2.53. The largest absolute Gasteiger partial charge is 0.397 e. The number of aromatic nitrogens is 1. The first-order valence-corrected chi connectivity index (χ1v) is 6.53. The molecule has 1 aliphatic heterocycles. The van der Waals surface area contributed by atoms with Crippen LogP contribution in [0.1, 0.15) is 29.6 Å². The number of hydrogen-bond donors (Lipinski definition) is 3. The number of pyridine rings is 1. The van der Waals surface area contributed by atoms with E-state index in [1.165, 1.54) is 6.20 Å². The summed E-state index contributed by atoms with van der Waals surface area (Å²) in [6.07, 6.45) is 4.45. The Morgan fingerprint density at radius 2 is 2.37 bits per heavy atom. The number of nitrogen functional groups attached to an aromatic ring is 1. The highest BCUT2D eigenvalue weighted by molar-refractivity contribution is 5.98. The first-order chi connectivity index (χ1) is 9.11. The van der Waals surface area contributed by atoms with E-state index in [4.69, 9.17) is 16.6 Å². The Kier molecular flexibility index (Phi) is 4.21. The molecule has 1 saturated heterocycles. The molecule has 1 atom stereocenters. The van der Waals surface area contributed by atoms with Gasteiger partial charge in [0.05, 0.1) is 17.4 Å². The van der Waals surface area contributed by atoms with Crippen LogP contribution < -0.4 is 16.4 Å². The number of hydrogen-bond acceptors (Lipinski definition) is 5. The standard InChI is InChI=1S/C13H20N4O2/c14-11-7-16-12(6-10(11)13(15)19)17-4-1-2-9(8-17)3-5-18/h6-7,9,18H,1-5,8,14H2,(H2,15,19). The molecule has 0 aromatic carbocycles. The molecule has 1 aromatic rings. The molecular formula is C13H20N4O2. The fourth-order valence-electron chi connectivity index (χ4n) is 2.53. The van der Waals surface area contributed by atoms with Gasteiger partial charge < -0.3 is 21.5 Å². The maximum Gasteiger partial charge on any atom is 0.250 e. The third-order valence-corrected chi connectivity index (χ3v) is 3.57. The van der Waals surface area contributed by atoms with E-state index in [2.05, 4.69) is 9.88 Å². The Hall–Kier alpha value is -1.82. The summed E-state index contributed by atoms with van der Waals surface area (Å²) in [4.78, 5) is 17.7. The van der Waals surface area contributed by atoms with Crippen LogP contribution >= 0.6 is 0 Å². The molecule has 1 fully saturated rings. The number of rotatable bonds is 4. The Morgan fingerprint density at radius 3 is 3.05 bits per heavy atom. The monoisotopic (exact) mass is 264 g/mol. The second-order valence-corrected chi connectivity index (χ2v) is 4.96. The normalized spacial score (nSPS) is 19.4. The lowest BCUT2D eigenvalue weighted by Gasteiger charge is -2.33. The highest BCUT2D eigenvalue weighted by Gasteiger charge is 2.21. The number of piperidine rings is 1. The smallest absolute Gasteiger partial charge is 0.250 e. The molecule has 6 heteroatoms. The van der Waals surface area contributed by atoms with E-state index in [1.54, 1.807) is 6.07 Å². The van der Waals surface area contributed by atoms with Gasteiger partial charge in [0.1, 0.15) is 5.82 Å². The van der Waals surface area contributed by atoms with Crippen LogP contribution in [-0.4, -0.2) is 35.7 Å². The van der Waals surface area contributed by atoms with E-state index in [1.807, 2.05) is 0 Å². The Morgan fingerprint density at radius 1 is 1.58 bits per heavy atom. The van der Waals surface area contributed by atoms with Gasteiger partial charge in [0.2, 0.25) is 0 Å². The molecule has 104 valence electrons. The molecule has 0 spiro atoms. The Labute approximate surface area is 112 Å². The van der Waals surface area contributed by atoms with Crippen molar-refractivity contribution in [2.24, 2.45) is 11.7 Å². The van der Waals surface area contributed by atoms with Gasteiger partial charge in [-0.2, -0.15) is 0 Å². The highest BCUT2D eigenvalue weighted by Crippen LogP contribution is 2.25. The predicted molar refractivity (Wildman–Crippen MR) is 73.8 cm³/mol. The SMILES string of the molecule is NC(=O)c1cc(N2CCCC(CCO)C2)ncc1N. The van der Waals surface area contributed by atoms with Crippen molar-refractivity contribution < 1.29 is 9.90 Å². The van der Waals surface area contributed by atoms with E-state index in [9.17, 15) is 4.79 Å². The van der Waals surface area contributed by atoms with Crippen LogP contribution in [-0.2, 0) is 0 Å². The number of aliphatic hydroxyl groups is 1. The molecule has 1 aliphatic rings. The summed E-state index contributed by atoms with van der Waals surface area (Å²) in [6, 6.07) is 1.65. The van der Waals surface area contributed by atoms with Gasteiger partial charge in [0.25, 0.3) is 5.91 Å². The first kappa shape index (κ1) is 13.6. The number of carbonyl (C=O) groups is 1. The van der Waals surface area contributed by atoms with Crippen LogP contribution in [0.25, 0.3) is 0 Å². The summed E-state index contributed by atoms with van der Waals surface area (Å²) in [6.45, 7) is 1.95. The number of nitrogens with zero attached hydrogens (tertiary/aromatic N) is 2. The van der Waals surface area contributed by atoms with Gasteiger partial charge in [0, 0.05) is 19.7 Å². The zero-order valence-electron chi connectivity index (χ0n) is 10.9. The van der Waals surface area contributed by atoms with Gasteiger partial charge in [-0.25, -0.2) is 4.98 Å². The van der Waals surface area contributed by atoms with Crippen molar-refractivity contribution >= 4 is 17.4 Å². The van der Waals surface area contributed by atoms with E-state index in [0.29, 0.717) is 17.2 Å². The molecule has 0 saturated carbocycles. The van der Waals surface area contributed by atoms with Gasteiger partial charge in [-0.05, 0) is 31.2 Å². The first-order valence-electron chi connectivity index (χ1n) is 6.53. The van der Waals surface area contributed by atoms with Gasteiger partial charge in [0.15, 0.2) is 0 Å². The fraction of sp³-hybridized carbons (Fsp3) is 0.538.